The number of nitrogens with zero attached hydrogens (tertiary/aromatic N) is 1. The van der Waals surface area contributed by atoms with Crippen LogP contribution in [0.25, 0.3) is 0 Å². The minimum atomic E-state index is -0.549. The molecule has 6 nitrogen and oxygen atoms in total. The van der Waals surface area contributed by atoms with E-state index in [4.69, 9.17) is 4.74 Å². The Hall–Kier alpha value is -2.55. The maximum Gasteiger partial charge on any atom is 0.408 e. The summed E-state index contributed by atoms with van der Waals surface area (Å²) in [6.45, 7) is 7.22. The number of nitro groups is 1. The Morgan fingerprint density at radius 3 is 2.62 bits per heavy atom. The summed E-state index contributed by atoms with van der Waals surface area (Å²) in [6, 6.07) is 4.46. The molecule has 6 heteroatoms. The van der Waals surface area contributed by atoms with Crippen LogP contribution in [0.15, 0.2) is 18.2 Å². The van der Waals surface area contributed by atoms with Gasteiger partial charge in [0.1, 0.15) is 5.60 Å². The first-order chi connectivity index (χ1) is 9.69. The molecular formula is C15H18N2O4. The molecule has 0 bridgehead atoms. The molecule has 0 aliphatic carbocycles. The first-order valence-electron chi connectivity index (χ1n) is 6.40. The van der Waals surface area contributed by atoms with Gasteiger partial charge in [-0.3, -0.25) is 10.1 Å². The fourth-order valence-electron chi connectivity index (χ4n) is 1.47. The molecule has 0 saturated carbocycles. The molecule has 0 fully saturated rings. The molecule has 0 spiro atoms. The number of nitro benzene ring substituents is 1. The lowest BCUT2D eigenvalue weighted by atomic mass is 10.1. The summed E-state index contributed by atoms with van der Waals surface area (Å²) < 4.78 is 5.06. The van der Waals surface area contributed by atoms with Gasteiger partial charge in [0.05, 0.1) is 11.5 Å². The molecule has 1 aromatic rings. The van der Waals surface area contributed by atoms with Crippen LogP contribution in [0.3, 0.4) is 0 Å². The van der Waals surface area contributed by atoms with Crippen molar-refractivity contribution in [2.75, 3.05) is 6.54 Å². The summed E-state index contributed by atoms with van der Waals surface area (Å²) in [5.41, 5.74) is 0.886. The molecule has 0 heterocycles. The van der Waals surface area contributed by atoms with Crippen LogP contribution >= 0.6 is 0 Å². The quantitative estimate of drug-likeness (QED) is 0.516. The van der Waals surface area contributed by atoms with E-state index in [-0.39, 0.29) is 12.2 Å². The number of hydrogen-bond acceptors (Lipinski definition) is 4. The van der Waals surface area contributed by atoms with E-state index < -0.39 is 16.6 Å². The molecule has 1 amide bonds. The molecule has 0 aliphatic rings. The van der Waals surface area contributed by atoms with E-state index in [9.17, 15) is 14.9 Å². The second kappa shape index (κ2) is 6.75. The van der Waals surface area contributed by atoms with Crippen molar-refractivity contribution in [2.24, 2.45) is 0 Å². The highest BCUT2D eigenvalue weighted by molar-refractivity contribution is 5.68. The molecule has 0 aromatic heterocycles. The smallest absolute Gasteiger partial charge is 0.408 e. The number of alkyl carbamates (subject to hydrolysis) is 1. The number of carbonyl (C=O) groups excluding carboxylic acids is 1. The third-order valence-corrected chi connectivity index (χ3v) is 2.36. The lowest BCUT2D eigenvalue weighted by molar-refractivity contribution is -0.384. The average Bonchev–Trinajstić information content (AvgIpc) is 2.33. The third-order valence-electron chi connectivity index (χ3n) is 2.36. The van der Waals surface area contributed by atoms with Crippen molar-refractivity contribution >= 4 is 11.8 Å². The Morgan fingerprint density at radius 1 is 1.43 bits per heavy atom. The predicted molar refractivity (Wildman–Crippen MR) is 78.9 cm³/mol. The maximum atomic E-state index is 11.4. The van der Waals surface area contributed by atoms with Gasteiger partial charge >= 0.3 is 6.09 Å². The second-order valence-electron chi connectivity index (χ2n) is 5.41. The number of ether oxygens (including phenoxy) is 1. The summed E-state index contributed by atoms with van der Waals surface area (Å²) in [4.78, 5) is 21.6. The molecule has 0 unspecified atom stereocenters. The van der Waals surface area contributed by atoms with Gasteiger partial charge in [0.2, 0.25) is 0 Å². The molecule has 1 N–H and O–H groups in total. The van der Waals surface area contributed by atoms with Crippen molar-refractivity contribution in [1.29, 1.82) is 0 Å². The van der Waals surface area contributed by atoms with Crippen LogP contribution in [0, 0.1) is 28.9 Å². The maximum absolute atomic E-state index is 11.4. The van der Waals surface area contributed by atoms with E-state index in [0.29, 0.717) is 11.1 Å². The normalized spacial score (nSPS) is 10.3. The standard InChI is InChI=1S/C15H18N2O4/c1-11-10-13(17(19)20)8-7-12(11)6-5-9-16-14(18)21-15(2,3)4/h7-8,10H,9H2,1-4H3,(H,16,18). The van der Waals surface area contributed by atoms with Gasteiger partial charge in [0, 0.05) is 17.7 Å². The Bertz CT molecular complexity index is 606. The Labute approximate surface area is 123 Å². The van der Waals surface area contributed by atoms with Gasteiger partial charge < -0.3 is 10.1 Å². The number of carbonyl (C=O) groups is 1. The van der Waals surface area contributed by atoms with Gasteiger partial charge in [-0.25, -0.2) is 4.79 Å². The van der Waals surface area contributed by atoms with Crippen LogP contribution in [-0.2, 0) is 4.74 Å². The number of nitrogens with one attached hydrogen (secondary N) is 1. The summed E-state index contributed by atoms with van der Waals surface area (Å²) in [6.07, 6.45) is -0.530. The van der Waals surface area contributed by atoms with Crippen molar-refractivity contribution in [3.05, 3.63) is 39.4 Å². The average molecular weight is 290 g/mol. The zero-order chi connectivity index (χ0) is 16.0. The molecule has 1 aromatic carbocycles. The highest BCUT2D eigenvalue weighted by Crippen LogP contribution is 2.16. The lowest BCUT2D eigenvalue weighted by Crippen LogP contribution is -2.32. The molecule has 1 rings (SSSR count). The van der Waals surface area contributed by atoms with Crippen molar-refractivity contribution in [1.82, 2.24) is 5.32 Å². The summed E-state index contributed by atoms with van der Waals surface area (Å²) in [5, 5.41) is 13.1. The summed E-state index contributed by atoms with van der Waals surface area (Å²) in [5.74, 6) is 5.63. The number of hydrogen-bond donors (Lipinski definition) is 1. The van der Waals surface area contributed by atoms with Crippen LogP contribution in [-0.4, -0.2) is 23.2 Å². The van der Waals surface area contributed by atoms with Gasteiger partial charge in [-0.1, -0.05) is 11.8 Å². The van der Waals surface area contributed by atoms with E-state index in [1.807, 2.05) is 0 Å². The SMILES string of the molecule is Cc1cc([N+](=O)[O-])ccc1C#CCNC(=O)OC(C)(C)C. The van der Waals surface area contributed by atoms with Crippen molar-refractivity contribution in [3.8, 4) is 11.8 Å². The van der Waals surface area contributed by atoms with Crippen LogP contribution in [0.1, 0.15) is 31.9 Å². The lowest BCUT2D eigenvalue weighted by Gasteiger charge is -2.19. The number of amides is 1. The van der Waals surface area contributed by atoms with E-state index in [1.54, 1.807) is 33.8 Å². The first-order valence-corrected chi connectivity index (χ1v) is 6.40. The Kier molecular flexibility index (Phi) is 5.30. The van der Waals surface area contributed by atoms with E-state index >= 15 is 0 Å². The Balaban J connectivity index is 2.60. The second-order valence-corrected chi connectivity index (χ2v) is 5.41. The molecule has 0 saturated heterocycles. The van der Waals surface area contributed by atoms with Crippen LogP contribution < -0.4 is 5.32 Å². The molecule has 0 atom stereocenters. The Morgan fingerprint density at radius 2 is 2.10 bits per heavy atom. The van der Waals surface area contributed by atoms with Crippen molar-refractivity contribution in [3.63, 3.8) is 0 Å². The molecule has 112 valence electrons. The molecule has 0 radical (unpaired) electrons. The van der Waals surface area contributed by atoms with Gasteiger partial charge in [-0.15, -0.1) is 0 Å². The minimum absolute atomic E-state index is 0.0323. The van der Waals surface area contributed by atoms with Gasteiger partial charge in [0.15, 0.2) is 0 Å². The molecule has 21 heavy (non-hydrogen) atoms. The van der Waals surface area contributed by atoms with Gasteiger partial charge in [0.25, 0.3) is 5.69 Å². The molecular weight excluding hydrogens is 272 g/mol. The van der Waals surface area contributed by atoms with Gasteiger partial charge in [-0.2, -0.15) is 0 Å². The molecule has 0 aliphatic heterocycles. The van der Waals surface area contributed by atoms with E-state index in [0.717, 1.165) is 0 Å². The minimum Gasteiger partial charge on any atom is -0.444 e. The number of non-ortho nitro benzene ring substituents is 1. The van der Waals surface area contributed by atoms with Crippen molar-refractivity contribution in [2.45, 2.75) is 33.3 Å². The zero-order valence-electron chi connectivity index (χ0n) is 12.5. The third kappa shape index (κ3) is 5.95. The monoisotopic (exact) mass is 290 g/mol. The van der Waals surface area contributed by atoms with E-state index in [2.05, 4.69) is 17.2 Å². The fraction of sp³-hybridized carbons (Fsp3) is 0.400. The van der Waals surface area contributed by atoms with Crippen LogP contribution in [0.4, 0.5) is 10.5 Å². The largest absolute Gasteiger partial charge is 0.444 e. The number of rotatable bonds is 2. The number of benzene rings is 1. The fourth-order valence-corrected chi connectivity index (χ4v) is 1.47. The van der Waals surface area contributed by atoms with Crippen molar-refractivity contribution < 1.29 is 14.5 Å². The number of aryl methyl sites for hydroxylation is 1. The van der Waals surface area contributed by atoms with Crippen LogP contribution in [0.2, 0.25) is 0 Å². The van der Waals surface area contributed by atoms with Crippen LogP contribution in [0.5, 0.6) is 0 Å². The zero-order valence-corrected chi connectivity index (χ0v) is 12.5. The summed E-state index contributed by atoms with van der Waals surface area (Å²) in [7, 11) is 0. The highest BCUT2D eigenvalue weighted by Gasteiger charge is 2.15. The van der Waals surface area contributed by atoms with Gasteiger partial charge in [-0.05, 0) is 39.3 Å². The predicted octanol–water partition coefficient (Wildman–Crippen LogP) is 2.78. The first kappa shape index (κ1) is 16.5. The topological polar surface area (TPSA) is 81.5 Å². The van der Waals surface area contributed by atoms with E-state index in [1.165, 1.54) is 12.1 Å². The summed E-state index contributed by atoms with van der Waals surface area (Å²) >= 11 is 0. The highest BCUT2D eigenvalue weighted by atomic mass is 16.6.